The Hall–Kier alpha value is -3.71. The monoisotopic (exact) mass is 439 g/mol. The summed E-state index contributed by atoms with van der Waals surface area (Å²) in [6.07, 6.45) is 11.9. The summed E-state index contributed by atoms with van der Waals surface area (Å²) in [5.74, 6) is 0. The predicted octanol–water partition coefficient (Wildman–Crippen LogP) is 4.49. The van der Waals surface area contributed by atoms with Crippen LogP contribution in [0, 0.1) is 6.92 Å². The van der Waals surface area contributed by atoms with E-state index in [2.05, 4.69) is 86.2 Å². The quantitative estimate of drug-likeness (QED) is 0.448. The van der Waals surface area contributed by atoms with Crippen LogP contribution in [0.4, 0.5) is 0 Å². The van der Waals surface area contributed by atoms with Gasteiger partial charge in [-0.3, -0.25) is 15.1 Å². The smallest absolute Gasteiger partial charge is 0.116 e. The van der Waals surface area contributed by atoms with Crippen molar-refractivity contribution in [2.75, 3.05) is 33.2 Å². The van der Waals surface area contributed by atoms with Crippen molar-refractivity contribution in [1.82, 2.24) is 34.9 Å². The lowest BCUT2D eigenvalue weighted by Gasteiger charge is -2.35. The third kappa shape index (κ3) is 4.19. The normalized spacial score (nSPS) is 15.7. The number of fused-ring (bicyclic) bond motifs is 1. The van der Waals surface area contributed by atoms with E-state index in [0.717, 1.165) is 65.4 Å². The lowest BCUT2D eigenvalue weighted by atomic mass is 10.1. The van der Waals surface area contributed by atoms with Crippen LogP contribution in [0.3, 0.4) is 0 Å². The SMILES string of the molecule is C/C=C\C=C(/c1cc(-c2n[nH]c3cnc(-c4cccnc4)cc23)[nH]c1C)N1CCN(C)CC1. The van der Waals surface area contributed by atoms with Gasteiger partial charge in [0, 0.05) is 66.5 Å². The first-order valence-electron chi connectivity index (χ1n) is 11.4. The van der Waals surface area contributed by atoms with Gasteiger partial charge in [-0.2, -0.15) is 5.10 Å². The number of nitrogens with zero attached hydrogens (tertiary/aromatic N) is 5. The lowest BCUT2D eigenvalue weighted by molar-refractivity contribution is 0.207. The van der Waals surface area contributed by atoms with Crippen molar-refractivity contribution >= 4 is 16.6 Å². The number of aromatic amines is 2. The van der Waals surface area contributed by atoms with Crippen molar-refractivity contribution < 1.29 is 0 Å². The van der Waals surface area contributed by atoms with Gasteiger partial charge < -0.3 is 14.8 Å². The van der Waals surface area contributed by atoms with Gasteiger partial charge >= 0.3 is 0 Å². The Morgan fingerprint density at radius 1 is 1.12 bits per heavy atom. The fraction of sp³-hybridized carbons (Fsp3) is 0.269. The molecule has 0 radical (unpaired) electrons. The number of hydrogen-bond donors (Lipinski definition) is 2. The van der Waals surface area contributed by atoms with Crippen molar-refractivity contribution in [3.63, 3.8) is 0 Å². The highest BCUT2D eigenvalue weighted by atomic mass is 15.3. The highest BCUT2D eigenvalue weighted by Gasteiger charge is 2.21. The third-order valence-electron chi connectivity index (χ3n) is 6.24. The van der Waals surface area contributed by atoms with Crippen molar-refractivity contribution in [1.29, 1.82) is 0 Å². The van der Waals surface area contributed by atoms with Gasteiger partial charge in [0.2, 0.25) is 0 Å². The molecule has 1 aliphatic heterocycles. The minimum atomic E-state index is 0.882. The van der Waals surface area contributed by atoms with Crippen molar-refractivity contribution in [2.45, 2.75) is 13.8 Å². The molecule has 2 N–H and O–H groups in total. The van der Waals surface area contributed by atoms with Crippen molar-refractivity contribution in [3.8, 4) is 22.6 Å². The summed E-state index contributed by atoms with van der Waals surface area (Å²) in [7, 11) is 2.18. The average Bonchev–Trinajstić information content (AvgIpc) is 3.44. The maximum Gasteiger partial charge on any atom is 0.116 e. The summed E-state index contributed by atoms with van der Waals surface area (Å²) in [4.78, 5) is 17.3. The molecule has 4 aromatic heterocycles. The van der Waals surface area contributed by atoms with Crippen LogP contribution in [0.1, 0.15) is 18.2 Å². The summed E-state index contributed by atoms with van der Waals surface area (Å²) in [5.41, 5.74) is 8.28. The Bertz CT molecular complexity index is 1310. The van der Waals surface area contributed by atoms with Gasteiger partial charge in [-0.15, -0.1) is 0 Å². The number of aryl methyl sites for hydroxylation is 1. The Morgan fingerprint density at radius 3 is 2.73 bits per heavy atom. The molecule has 0 unspecified atom stereocenters. The minimum Gasteiger partial charge on any atom is -0.368 e. The average molecular weight is 440 g/mol. The van der Waals surface area contributed by atoms with Gasteiger partial charge in [0.15, 0.2) is 0 Å². The van der Waals surface area contributed by atoms with Crippen molar-refractivity contribution in [3.05, 3.63) is 72.3 Å². The molecule has 7 nitrogen and oxygen atoms in total. The zero-order valence-electron chi connectivity index (χ0n) is 19.3. The van der Waals surface area contributed by atoms with Crippen LogP contribution in [-0.4, -0.2) is 68.2 Å². The number of piperazine rings is 1. The number of rotatable bonds is 5. The molecule has 168 valence electrons. The van der Waals surface area contributed by atoms with Crippen LogP contribution >= 0.6 is 0 Å². The highest BCUT2D eigenvalue weighted by Crippen LogP contribution is 2.33. The lowest BCUT2D eigenvalue weighted by Crippen LogP contribution is -2.43. The van der Waals surface area contributed by atoms with E-state index < -0.39 is 0 Å². The van der Waals surface area contributed by atoms with Crippen LogP contribution in [0.15, 0.2) is 61.1 Å². The van der Waals surface area contributed by atoms with Gasteiger partial charge in [-0.05, 0) is 51.2 Å². The number of allylic oxidation sites excluding steroid dienone is 3. The molecule has 0 amide bonds. The zero-order chi connectivity index (χ0) is 22.8. The molecule has 1 fully saturated rings. The second kappa shape index (κ2) is 9.03. The summed E-state index contributed by atoms with van der Waals surface area (Å²) in [5, 5.41) is 8.81. The molecule has 0 atom stereocenters. The van der Waals surface area contributed by atoms with E-state index in [1.165, 1.54) is 11.3 Å². The molecule has 0 spiro atoms. The maximum atomic E-state index is 4.63. The van der Waals surface area contributed by atoms with E-state index in [1.54, 1.807) is 6.20 Å². The van der Waals surface area contributed by atoms with Gasteiger partial charge in [0.25, 0.3) is 0 Å². The highest BCUT2D eigenvalue weighted by molar-refractivity contribution is 5.94. The largest absolute Gasteiger partial charge is 0.368 e. The maximum absolute atomic E-state index is 4.63. The second-order valence-electron chi connectivity index (χ2n) is 8.52. The van der Waals surface area contributed by atoms with Crippen molar-refractivity contribution in [2.24, 2.45) is 0 Å². The number of pyridine rings is 2. The summed E-state index contributed by atoms with van der Waals surface area (Å²) < 4.78 is 0. The number of hydrogen-bond acceptors (Lipinski definition) is 5. The fourth-order valence-electron chi connectivity index (χ4n) is 4.35. The molecule has 0 aromatic carbocycles. The third-order valence-corrected chi connectivity index (χ3v) is 6.24. The predicted molar refractivity (Wildman–Crippen MR) is 134 cm³/mol. The van der Waals surface area contributed by atoms with E-state index in [9.17, 15) is 0 Å². The topological polar surface area (TPSA) is 76.7 Å². The molecule has 0 aliphatic carbocycles. The fourth-order valence-corrected chi connectivity index (χ4v) is 4.35. The molecule has 1 saturated heterocycles. The Labute approximate surface area is 193 Å². The van der Waals surface area contributed by atoms with E-state index in [0.29, 0.717) is 0 Å². The van der Waals surface area contributed by atoms with Crippen LogP contribution in [0.25, 0.3) is 39.2 Å². The van der Waals surface area contributed by atoms with Gasteiger partial charge in [-0.1, -0.05) is 12.2 Å². The first kappa shape index (κ1) is 21.2. The first-order valence-corrected chi connectivity index (χ1v) is 11.4. The molecule has 4 aromatic rings. The molecule has 0 bridgehead atoms. The number of H-pyrrole nitrogens is 2. The number of aromatic nitrogens is 5. The summed E-state index contributed by atoms with van der Waals surface area (Å²) in [6, 6.07) is 8.25. The Balaban J connectivity index is 1.55. The summed E-state index contributed by atoms with van der Waals surface area (Å²) in [6.45, 7) is 8.36. The van der Waals surface area contributed by atoms with Gasteiger partial charge in [0.1, 0.15) is 5.69 Å². The van der Waals surface area contributed by atoms with Gasteiger partial charge in [-0.25, -0.2) is 0 Å². The van der Waals surface area contributed by atoms with Crippen LogP contribution in [-0.2, 0) is 0 Å². The summed E-state index contributed by atoms with van der Waals surface area (Å²) >= 11 is 0. The molecular formula is C26H29N7. The van der Waals surface area contributed by atoms with E-state index >= 15 is 0 Å². The molecule has 7 heteroatoms. The second-order valence-corrected chi connectivity index (χ2v) is 8.52. The molecule has 5 heterocycles. The molecule has 33 heavy (non-hydrogen) atoms. The number of nitrogens with one attached hydrogen (secondary N) is 2. The molecule has 0 saturated carbocycles. The van der Waals surface area contributed by atoms with E-state index in [4.69, 9.17) is 0 Å². The Morgan fingerprint density at radius 2 is 1.97 bits per heavy atom. The van der Waals surface area contributed by atoms with Crippen LogP contribution in [0.5, 0.6) is 0 Å². The molecular weight excluding hydrogens is 410 g/mol. The van der Waals surface area contributed by atoms with E-state index in [-0.39, 0.29) is 0 Å². The first-order chi connectivity index (χ1) is 16.1. The minimum absolute atomic E-state index is 0.882. The Kier molecular flexibility index (Phi) is 5.79. The van der Waals surface area contributed by atoms with Crippen LogP contribution < -0.4 is 0 Å². The standard InChI is InChI=1S/C26H29N7/c1-4-5-8-25(33-12-10-32(3)11-13-33)20-14-23(29-18(20)2)26-21-15-22(19-7-6-9-27-16-19)28-17-24(21)30-31-26/h4-9,14-17,29H,10-13H2,1-3H3,(H,30,31)/b5-4-,25-8+. The van der Waals surface area contributed by atoms with E-state index in [1.807, 2.05) is 24.5 Å². The molecule has 1 aliphatic rings. The van der Waals surface area contributed by atoms with Crippen LogP contribution in [0.2, 0.25) is 0 Å². The zero-order valence-corrected chi connectivity index (χ0v) is 19.3. The number of likely N-dealkylation sites (N-methyl/N-ethyl adjacent to an activating group) is 1. The molecule has 5 rings (SSSR count). The van der Waals surface area contributed by atoms with Gasteiger partial charge in [0.05, 0.1) is 23.1 Å².